The number of nitrogens with zero attached hydrogens (tertiary/aromatic N) is 2. The highest BCUT2D eigenvalue weighted by molar-refractivity contribution is 7.83. The van der Waals surface area contributed by atoms with Crippen LogP contribution in [0.15, 0.2) is 35.8 Å². The third-order valence-electron chi connectivity index (χ3n) is 5.12. The third kappa shape index (κ3) is 5.25. The minimum Gasteiger partial charge on any atom is -0.392 e. The fourth-order valence-corrected chi connectivity index (χ4v) is 5.28. The molecule has 2 rings (SSSR count). The molecule has 6 heteroatoms. The molecule has 0 aromatic carbocycles. The molecular formula is C19H31FN2O2S. The molecule has 4 nitrogen and oxygen atoms in total. The Morgan fingerprint density at radius 2 is 1.80 bits per heavy atom. The van der Waals surface area contributed by atoms with Crippen molar-refractivity contribution in [3.63, 3.8) is 0 Å². The van der Waals surface area contributed by atoms with Gasteiger partial charge in [-0.1, -0.05) is 44.4 Å². The molecule has 0 aromatic heterocycles. The fourth-order valence-electron chi connectivity index (χ4n) is 3.60. The van der Waals surface area contributed by atoms with Crippen molar-refractivity contribution in [3.8, 4) is 0 Å². The lowest BCUT2D eigenvalue weighted by atomic mass is 10.1. The quantitative estimate of drug-likeness (QED) is 0.576. The Morgan fingerprint density at radius 1 is 1.20 bits per heavy atom. The van der Waals surface area contributed by atoms with Crippen molar-refractivity contribution in [2.75, 3.05) is 32.8 Å². The Morgan fingerprint density at radius 3 is 2.28 bits per heavy atom. The third-order valence-corrected chi connectivity index (χ3v) is 7.03. The van der Waals surface area contributed by atoms with Crippen LogP contribution >= 0.6 is 0 Å². The zero-order valence-corrected chi connectivity index (χ0v) is 16.1. The smallest absolute Gasteiger partial charge is 0.151 e. The van der Waals surface area contributed by atoms with Crippen molar-refractivity contribution >= 4 is 11.0 Å². The summed E-state index contributed by atoms with van der Waals surface area (Å²) in [6, 6.07) is 0. The van der Waals surface area contributed by atoms with E-state index in [0.29, 0.717) is 31.9 Å². The molecule has 2 fully saturated rings. The zero-order valence-electron chi connectivity index (χ0n) is 15.3. The molecule has 0 amide bonds. The minimum atomic E-state index is -0.932. The van der Waals surface area contributed by atoms with Crippen molar-refractivity contribution in [2.45, 2.75) is 50.7 Å². The van der Waals surface area contributed by atoms with Crippen molar-refractivity contribution < 1.29 is 13.7 Å². The highest BCUT2D eigenvalue weighted by atomic mass is 32.2. The average Bonchev–Trinajstić information content (AvgIpc) is 2.93. The van der Waals surface area contributed by atoms with Crippen molar-refractivity contribution in [1.29, 1.82) is 0 Å². The Balaban J connectivity index is 1.97. The lowest BCUT2D eigenvalue weighted by Crippen LogP contribution is -2.48. The number of hydrogen-bond acceptors (Lipinski definition) is 3. The van der Waals surface area contributed by atoms with Crippen LogP contribution in [-0.2, 0) is 11.0 Å². The van der Waals surface area contributed by atoms with Crippen LogP contribution in [0.2, 0.25) is 0 Å². The first-order valence-electron chi connectivity index (χ1n) is 9.31. The van der Waals surface area contributed by atoms with Gasteiger partial charge in [0.1, 0.15) is 0 Å². The molecule has 2 aliphatic rings. The summed E-state index contributed by atoms with van der Waals surface area (Å²) in [6.45, 7) is 7.62. The molecule has 1 saturated heterocycles. The van der Waals surface area contributed by atoms with E-state index in [1.807, 2.05) is 4.90 Å². The van der Waals surface area contributed by atoms with Crippen LogP contribution in [0, 0.1) is 0 Å². The van der Waals surface area contributed by atoms with Gasteiger partial charge in [0.25, 0.3) is 0 Å². The molecule has 1 aliphatic heterocycles. The average molecular weight is 371 g/mol. The Hall–Kier alpha value is -0.980. The number of allylic oxidation sites excluding steroid dienone is 2. The molecular weight excluding hydrogens is 339 g/mol. The maximum atomic E-state index is 14.6. The highest BCUT2D eigenvalue weighted by Gasteiger charge is 2.28. The first kappa shape index (κ1) is 20.3. The van der Waals surface area contributed by atoms with E-state index in [9.17, 15) is 13.7 Å². The molecule has 0 bridgehead atoms. The van der Waals surface area contributed by atoms with Gasteiger partial charge in [0.15, 0.2) is 5.83 Å². The van der Waals surface area contributed by atoms with Crippen LogP contribution in [0.1, 0.15) is 45.4 Å². The van der Waals surface area contributed by atoms with Crippen LogP contribution in [0.5, 0.6) is 0 Å². The SMILES string of the molecule is C=C/C(CO)=C(F)\C(=C/C)N1CCN(S(=O)C2CCCCCC2)CC1. The van der Waals surface area contributed by atoms with Gasteiger partial charge >= 0.3 is 0 Å². The second kappa shape index (κ2) is 10.2. The highest BCUT2D eigenvalue weighted by Crippen LogP contribution is 2.26. The summed E-state index contributed by atoms with van der Waals surface area (Å²) in [7, 11) is -0.932. The van der Waals surface area contributed by atoms with E-state index in [0.717, 1.165) is 12.8 Å². The van der Waals surface area contributed by atoms with Crippen LogP contribution in [0.4, 0.5) is 4.39 Å². The normalized spacial score (nSPS) is 23.8. The predicted molar refractivity (Wildman–Crippen MR) is 102 cm³/mol. The van der Waals surface area contributed by atoms with Gasteiger partial charge in [-0.25, -0.2) is 12.9 Å². The van der Waals surface area contributed by atoms with E-state index in [-0.39, 0.29) is 17.4 Å². The number of aliphatic hydroxyl groups excluding tert-OH is 1. The standard InChI is InChI=1S/C19H31FN2O2S/c1-3-16(15-23)19(20)18(4-2)21-11-13-22(14-12-21)25(24)17-9-7-5-6-8-10-17/h3-4,17,23H,1,5-15H2,2H3/b18-4+,19-16-. The maximum Gasteiger partial charge on any atom is 0.151 e. The van der Waals surface area contributed by atoms with Gasteiger partial charge < -0.3 is 10.0 Å². The summed E-state index contributed by atoms with van der Waals surface area (Å²) < 4.78 is 29.5. The lowest BCUT2D eigenvalue weighted by Gasteiger charge is -2.37. The largest absolute Gasteiger partial charge is 0.392 e. The van der Waals surface area contributed by atoms with E-state index in [4.69, 9.17) is 0 Å². The number of halogens is 1. The van der Waals surface area contributed by atoms with Crippen LogP contribution in [0.25, 0.3) is 0 Å². The number of hydrogen-bond donors (Lipinski definition) is 1. The Kier molecular flexibility index (Phi) is 8.33. The zero-order chi connectivity index (χ0) is 18.2. The van der Waals surface area contributed by atoms with E-state index in [2.05, 4.69) is 10.9 Å². The second-order valence-electron chi connectivity index (χ2n) is 6.68. The van der Waals surface area contributed by atoms with Crippen molar-refractivity contribution in [1.82, 2.24) is 9.21 Å². The Bertz CT molecular complexity index is 532. The summed E-state index contributed by atoms with van der Waals surface area (Å²) in [4.78, 5) is 1.97. The van der Waals surface area contributed by atoms with Crippen molar-refractivity contribution in [2.24, 2.45) is 0 Å². The first-order valence-corrected chi connectivity index (χ1v) is 10.5. The van der Waals surface area contributed by atoms with E-state index in [1.165, 1.54) is 31.8 Å². The summed E-state index contributed by atoms with van der Waals surface area (Å²) in [5.74, 6) is -0.418. The molecule has 1 saturated carbocycles. The molecule has 0 radical (unpaired) electrons. The van der Waals surface area contributed by atoms with Crippen LogP contribution in [0.3, 0.4) is 0 Å². The van der Waals surface area contributed by atoms with Gasteiger partial charge in [-0.15, -0.1) is 0 Å². The summed E-state index contributed by atoms with van der Waals surface area (Å²) in [5.41, 5.74) is 0.696. The number of rotatable bonds is 6. The van der Waals surface area contributed by atoms with Gasteiger partial charge in [-0.2, -0.15) is 0 Å². The molecule has 1 N–H and O–H groups in total. The monoisotopic (exact) mass is 370 g/mol. The van der Waals surface area contributed by atoms with Gasteiger partial charge in [0.05, 0.1) is 23.3 Å². The van der Waals surface area contributed by atoms with Gasteiger partial charge in [0.2, 0.25) is 0 Å². The van der Waals surface area contributed by atoms with E-state index < -0.39 is 16.8 Å². The summed E-state index contributed by atoms with van der Waals surface area (Å²) in [6.07, 6.45) is 10.1. The predicted octanol–water partition coefficient (Wildman–Crippen LogP) is 3.30. The van der Waals surface area contributed by atoms with Gasteiger partial charge in [-0.3, -0.25) is 0 Å². The summed E-state index contributed by atoms with van der Waals surface area (Å²) >= 11 is 0. The maximum absolute atomic E-state index is 14.6. The Labute approximate surface area is 153 Å². The van der Waals surface area contributed by atoms with E-state index in [1.54, 1.807) is 13.0 Å². The first-order chi connectivity index (χ1) is 12.1. The molecule has 0 spiro atoms. The van der Waals surface area contributed by atoms with Gasteiger partial charge in [-0.05, 0) is 19.8 Å². The topological polar surface area (TPSA) is 43.8 Å². The summed E-state index contributed by atoms with van der Waals surface area (Å²) in [5, 5.41) is 9.54. The van der Waals surface area contributed by atoms with Crippen molar-refractivity contribution in [3.05, 3.63) is 35.8 Å². The molecule has 142 valence electrons. The lowest BCUT2D eigenvalue weighted by molar-refractivity contribution is 0.229. The molecule has 1 unspecified atom stereocenters. The van der Waals surface area contributed by atoms with Crippen LogP contribution in [-0.4, -0.2) is 56.6 Å². The second-order valence-corrected chi connectivity index (χ2v) is 8.42. The molecule has 1 aliphatic carbocycles. The molecule has 25 heavy (non-hydrogen) atoms. The molecule has 1 heterocycles. The number of piperazine rings is 1. The fraction of sp³-hybridized carbons (Fsp3) is 0.684. The van der Waals surface area contributed by atoms with Gasteiger partial charge in [0, 0.05) is 37.0 Å². The number of aliphatic hydroxyl groups is 1. The molecule has 0 aromatic rings. The minimum absolute atomic E-state index is 0.206. The van der Waals surface area contributed by atoms with Crippen LogP contribution < -0.4 is 0 Å². The molecule has 1 atom stereocenters. The van der Waals surface area contributed by atoms with E-state index >= 15 is 0 Å².